The third kappa shape index (κ3) is 3.90. The van der Waals surface area contributed by atoms with E-state index in [1.807, 2.05) is 0 Å². The van der Waals surface area contributed by atoms with Gasteiger partial charge in [-0.05, 0) is 12.1 Å². The lowest BCUT2D eigenvalue weighted by molar-refractivity contribution is -0.118. The van der Waals surface area contributed by atoms with Gasteiger partial charge in [0.1, 0.15) is 11.5 Å². The van der Waals surface area contributed by atoms with Crippen molar-refractivity contribution in [2.24, 2.45) is 5.73 Å². The van der Waals surface area contributed by atoms with Gasteiger partial charge in [0.25, 0.3) is 0 Å². The van der Waals surface area contributed by atoms with Crippen molar-refractivity contribution in [1.29, 1.82) is 0 Å². The van der Waals surface area contributed by atoms with E-state index in [0.717, 1.165) is 0 Å². The number of phenols is 1. The number of hydrogen-bond acceptors (Lipinski definition) is 5. The summed E-state index contributed by atoms with van der Waals surface area (Å²) in [4.78, 5) is 11.7. The van der Waals surface area contributed by atoms with Gasteiger partial charge in [-0.15, -0.1) is 0 Å². The van der Waals surface area contributed by atoms with Gasteiger partial charge in [-0.25, -0.2) is 0 Å². The number of carbonyl (C=O) groups is 1. The first-order valence-corrected chi connectivity index (χ1v) is 5.50. The Balaban J connectivity index is 2.69. The summed E-state index contributed by atoms with van der Waals surface area (Å²) >= 11 is 0. The van der Waals surface area contributed by atoms with Crippen molar-refractivity contribution in [3.8, 4) is 11.5 Å². The molecule has 0 saturated heterocycles. The molecule has 6 nitrogen and oxygen atoms in total. The molecule has 1 aromatic carbocycles. The van der Waals surface area contributed by atoms with E-state index in [2.05, 4.69) is 5.32 Å². The molecule has 1 amide bonds. The van der Waals surface area contributed by atoms with Gasteiger partial charge >= 0.3 is 0 Å². The van der Waals surface area contributed by atoms with Gasteiger partial charge in [0.15, 0.2) is 0 Å². The molecule has 1 atom stereocenters. The molecule has 0 aliphatic rings. The van der Waals surface area contributed by atoms with Gasteiger partial charge in [0, 0.05) is 19.7 Å². The SMILES string of the molecule is COc1ccc(O)c(NC(=O)CC(CN)OC)c1. The summed E-state index contributed by atoms with van der Waals surface area (Å²) in [5.74, 6) is 0.243. The lowest BCUT2D eigenvalue weighted by atomic mass is 10.2. The molecule has 100 valence electrons. The Morgan fingerprint density at radius 3 is 2.78 bits per heavy atom. The number of aromatic hydroxyl groups is 1. The summed E-state index contributed by atoms with van der Waals surface area (Å²) in [6.45, 7) is 0.258. The van der Waals surface area contributed by atoms with Crippen LogP contribution in [0.25, 0.3) is 0 Å². The van der Waals surface area contributed by atoms with E-state index in [1.165, 1.54) is 26.4 Å². The second-order valence-electron chi connectivity index (χ2n) is 3.73. The molecule has 1 aromatic rings. The molecule has 0 aliphatic heterocycles. The van der Waals surface area contributed by atoms with Gasteiger partial charge in [-0.1, -0.05) is 0 Å². The minimum atomic E-state index is -0.335. The highest BCUT2D eigenvalue weighted by molar-refractivity contribution is 5.92. The van der Waals surface area contributed by atoms with E-state index in [1.54, 1.807) is 6.07 Å². The highest BCUT2D eigenvalue weighted by atomic mass is 16.5. The zero-order chi connectivity index (χ0) is 13.5. The number of amides is 1. The molecule has 0 bridgehead atoms. The van der Waals surface area contributed by atoms with Crippen LogP contribution in [0.2, 0.25) is 0 Å². The summed E-state index contributed by atoms with van der Waals surface area (Å²) in [5.41, 5.74) is 5.72. The zero-order valence-electron chi connectivity index (χ0n) is 10.5. The molecule has 0 fully saturated rings. The number of phenolic OH excluding ortho intramolecular Hbond substituents is 1. The maximum absolute atomic E-state index is 11.7. The van der Waals surface area contributed by atoms with Crippen LogP contribution in [0.1, 0.15) is 6.42 Å². The number of benzene rings is 1. The number of nitrogens with one attached hydrogen (secondary N) is 1. The summed E-state index contributed by atoms with van der Waals surface area (Å²) in [6.07, 6.45) is -0.207. The number of nitrogens with two attached hydrogens (primary N) is 1. The number of ether oxygens (including phenoxy) is 2. The third-order valence-corrected chi connectivity index (χ3v) is 2.49. The maximum atomic E-state index is 11.7. The molecule has 18 heavy (non-hydrogen) atoms. The monoisotopic (exact) mass is 254 g/mol. The van der Waals surface area contributed by atoms with Crippen molar-refractivity contribution in [1.82, 2.24) is 0 Å². The third-order valence-electron chi connectivity index (χ3n) is 2.49. The predicted octanol–water partition coefficient (Wildman–Crippen LogP) is 0.703. The molecule has 4 N–H and O–H groups in total. The number of rotatable bonds is 6. The lowest BCUT2D eigenvalue weighted by Crippen LogP contribution is -2.28. The van der Waals surface area contributed by atoms with Crippen LogP contribution in [0.15, 0.2) is 18.2 Å². The molecule has 0 aromatic heterocycles. The number of hydrogen-bond donors (Lipinski definition) is 3. The molecule has 0 heterocycles. The van der Waals surface area contributed by atoms with E-state index >= 15 is 0 Å². The molecular weight excluding hydrogens is 236 g/mol. The molecule has 0 radical (unpaired) electrons. The highest BCUT2D eigenvalue weighted by Crippen LogP contribution is 2.27. The Morgan fingerprint density at radius 2 is 2.22 bits per heavy atom. The van der Waals surface area contributed by atoms with Gasteiger partial charge < -0.3 is 25.6 Å². The average Bonchev–Trinajstić information content (AvgIpc) is 2.38. The standard InChI is InChI=1S/C12H18N2O4/c1-17-8-3-4-11(15)10(5-8)14-12(16)6-9(7-13)18-2/h3-5,9,15H,6-7,13H2,1-2H3,(H,14,16). The molecule has 6 heteroatoms. The van der Waals surface area contributed by atoms with Crippen molar-refractivity contribution in [3.63, 3.8) is 0 Å². The van der Waals surface area contributed by atoms with Crippen LogP contribution in [-0.4, -0.2) is 37.9 Å². The van der Waals surface area contributed by atoms with Crippen molar-refractivity contribution in [2.45, 2.75) is 12.5 Å². The first-order valence-electron chi connectivity index (χ1n) is 5.50. The first kappa shape index (κ1) is 14.3. The number of carbonyl (C=O) groups excluding carboxylic acids is 1. The normalized spacial score (nSPS) is 11.9. The summed E-state index contributed by atoms with van der Waals surface area (Å²) in [5, 5.41) is 12.2. The van der Waals surface area contributed by atoms with E-state index in [-0.39, 0.29) is 30.7 Å². The topological polar surface area (TPSA) is 93.8 Å². The van der Waals surface area contributed by atoms with Crippen LogP contribution in [-0.2, 0) is 9.53 Å². The molecule has 0 saturated carbocycles. The van der Waals surface area contributed by atoms with Crippen molar-refractivity contribution >= 4 is 11.6 Å². The van der Waals surface area contributed by atoms with Gasteiger partial charge in [0.2, 0.25) is 5.91 Å². The van der Waals surface area contributed by atoms with Crippen molar-refractivity contribution in [2.75, 3.05) is 26.1 Å². The molecule has 1 unspecified atom stereocenters. The fourth-order valence-electron chi connectivity index (χ4n) is 1.41. The Kier molecular flexibility index (Phi) is 5.41. The van der Waals surface area contributed by atoms with Crippen LogP contribution < -0.4 is 15.8 Å². The molecule has 0 aliphatic carbocycles. The van der Waals surface area contributed by atoms with E-state index < -0.39 is 0 Å². The quantitative estimate of drug-likeness (QED) is 0.650. The fraction of sp³-hybridized carbons (Fsp3) is 0.417. The van der Waals surface area contributed by atoms with Gasteiger partial charge in [0.05, 0.1) is 25.3 Å². The predicted molar refractivity (Wildman–Crippen MR) is 67.8 cm³/mol. The Hall–Kier alpha value is -1.79. The van der Waals surface area contributed by atoms with Crippen LogP contribution in [0.3, 0.4) is 0 Å². The first-order chi connectivity index (χ1) is 8.60. The molecular formula is C12H18N2O4. The number of anilines is 1. The zero-order valence-corrected chi connectivity index (χ0v) is 10.5. The average molecular weight is 254 g/mol. The maximum Gasteiger partial charge on any atom is 0.227 e. The second-order valence-corrected chi connectivity index (χ2v) is 3.73. The minimum absolute atomic E-state index is 0.0223. The Morgan fingerprint density at radius 1 is 1.50 bits per heavy atom. The van der Waals surface area contributed by atoms with Gasteiger partial charge in [-0.2, -0.15) is 0 Å². The number of methoxy groups -OCH3 is 2. The van der Waals surface area contributed by atoms with Crippen LogP contribution >= 0.6 is 0 Å². The Labute approximate surface area is 106 Å². The summed E-state index contributed by atoms with van der Waals surface area (Å²) in [7, 11) is 3.00. The Bertz CT molecular complexity index is 405. The fourth-order valence-corrected chi connectivity index (χ4v) is 1.41. The summed E-state index contributed by atoms with van der Waals surface area (Å²) < 4.78 is 10.0. The smallest absolute Gasteiger partial charge is 0.227 e. The lowest BCUT2D eigenvalue weighted by Gasteiger charge is -2.13. The van der Waals surface area contributed by atoms with Crippen LogP contribution in [0.5, 0.6) is 11.5 Å². The molecule has 0 spiro atoms. The van der Waals surface area contributed by atoms with Crippen LogP contribution in [0, 0.1) is 0 Å². The summed E-state index contributed by atoms with van der Waals surface area (Å²) in [6, 6.07) is 4.59. The van der Waals surface area contributed by atoms with E-state index in [9.17, 15) is 9.90 Å². The van der Waals surface area contributed by atoms with Crippen molar-refractivity contribution < 1.29 is 19.4 Å². The van der Waals surface area contributed by atoms with Crippen LogP contribution in [0.4, 0.5) is 5.69 Å². The largest absolute Gasteiger partial charge is 0.506 e. The van der Waals surface area contributed by atoms with Crippen molar-refractivity contribution in [3.05, 3.63) is 18.2 Å². The van der Waals surface area contributed by atoms with Gasteiger partial charge in [-0.3, -0.25) is 4.79 Å². The minimum Gasteiger partial charge on any atom is -0.506 e. The molecule has 1 rings (SSSR count). The highest BCUT2D eigenvalue weighted by Gasteiger charge is 2.13. The second kappa shape index (κ2) is 6.83. The van der Waals surface area contributed by atoms with E-state index in [0.29, 0.717) is 11.4 Å². The van der Waals surface area contributed by atoms with E-state index in [4.69, 9.17) is 15.2 Å².